The molecule has 5 heteroatoms. The van der Waals surface area contributed by atoms with Crippen molar-refractivity contribution in [3.8, 4) is 0 Å². The zero-order valence-corrected chi connectivity index (χ0v) is 6.33. The monoisotopic (exact) mass is 160 g/mol. The van der Waals surface area contributed by atoms with E-state index in [1.165, 1.54) is 0 Å². The highest BCUT2D eigenvalue weighted by molar-refractivity contribution is 8.15. The first kappa shape index (κ1) is 7.40. The van der Waals surface area contributed by atoms with Crippen LogP contribution in [0.25, 0.3) is 0 Å². The van der Waals surface area contributed by atoms with E-state index in [-0.39, 0.29) is 16.4 Å². The van der Waals surface area contributed by atoms with Crippen molar-refractivity contribution in [2.45, 2.75) is 5.25 Å². The summed E-state index contributed by atoms with van der Waals surface area (Å²) in [5.74, 6) is -0.0941. The second-order valence-corrected chi connectivity index (χ2v) is 3.06. The number of hydrogen-bond donors (Lipinski definition) is 2. The maximum atomic E-state index is 10.8. The molecule has 1 aliphatic heterocycles. The molecular formula is C5H8N2O2S. The lowest BCUT2D eigenvalue weighted by molar-refractivity contribution is -0.119. The van der Waals surface area contributed by atoms with Gasteiger partial charge in [0, 0.05) is 13.6 Å². The summed E-state index contributed by atoms with van der Waals surface area (Å²) in [6.07, 6.45) is 0. The fraction of sp³-hybridized carbons (Fsp3) is 0.600. The summed E-state index contributed by atoms with van der Waals surface area (Å²) in [5, 5.41) is 4.67. The number of rotatable bonds is 1. The Morgan fingerprint density at radius 3 is 3.00 bits per heavy atom. The van der Waals surface area contributed by atoms with Gasteiger partial charge in [0.1, 0.15) is 5.25 Å². The highest BCUT2D eigenvalue weighted by atomic mass is 32.2. The molecule has 1 saturated heterocycles. The normalized spacial score (nSPS) is 24.1. The van der Waals surface area contributed by atoms with Gasteiger partial charge < -0.3 is 10.6 Å². The molecule has 1 atom stereocenters. The Balaban J connectivity index is 2.44. The molecule has 0 aromatic carbocycles. The van der Waals surface area contributed by atoms with Crippen molar-refractivity contribution in [1.82, 2.24) is 10.6 Å². The highest BCUT2D eigenvalue weighted by Gasteiger charge is 2.27. The molecule has 0 bridgehead atoms. The van der Waals surface area contributed by atoms with Crippen LogP contribution in [0.3, 0.4) is 0 Å². The van der Waals surface area contributed by atoms with Crippen LogP contribution in [0.15, 0.2) is 0 Å². The fourth-order valence-corrected chi connectivity index (χ4v) is 1.51. The minimum absolute atomic E-state index is 0.0941. The van der Waals surface area contributed by atoms with Gasteiger partial charge in [0.05, 0.1) is 0 Å². The Morgan fingerprint density at radius 2 is 2.60 bits per heavy atom. The molecule has 10 heavy (non-hydrogen) atoms. The lowest BCUT2D eigenvalue weighted by Crippen LogP contribution is -2.31. The Kier molecular flexibility index (Phi) is 2.16. The van der Waals surface area contributed by atoms with Crippen molar-refractivity contribution in [1.29, 1.82) is 0 Å². The standard InChI is InChI=1S/C5H8N2O2S/c1-6-4(8)3-2-7-5(9)10-3/h3H,2H2,1H3,(H,6,8)(H,7,9). The third kappa shape index (κ3) is 1.41. The van der Waals surface area contributed by atoms with Crippen LogP contribution >= 0.6 is 11.8 Å². The van der Waals surface area contributed by atoms with Crippen molar-refractivity contribution in [2.24, 2.45) is 0 Å². The molecule has 1 unspecified atom stereocenters. The van der Waals surface area contributed by atoms with Crippen LogP contribution in [0, 0.1) is 0 Å². The molecule has 0 spiro atoms. The Labute approximate surface area is 62.7 Å². The molecule has 0 aliphatic carbocycles. The zero-order chi connectivity index (χ0) is 7.56. The number of thioether (sulfide) groups is 1. The second kappa shape index (κ2) is 2.92. The van der Waals surface area contributed by atoms with Crippen LogP contribution in [0.2, 0.25) is 0 Å². The van der Waals surface area contributed by atoms with E-state index in [4.69, 9.17) is 0 Å². The summed E-state index contributed by atoms with van der Waals surface area (Å²) in [4.78, 5) is 21.4. The number of hydrogen-bond acceptors (Lipinski definition) is 3. The summed E-state index contributed by atoms with van der Waals surface area (Å²) in [5.41, 5.74) is 0. The van der Waals surface area contributed by atoms with Gasteiger partial charge in [0.25, 0.3) is 5.24 Å². The predicted octanol–water partition coefficient (Wildman–Crippen LogP) is -0.443. The summed E-state index contributed by atoms with van der Waals surface area (Å²) < 4.78 is 0. The van der Waals surface area contributed by atoms with Crippen molar-refractivity contribution >= 4 is 22.9 Å². The van der Waals surface area contributed by atoms with E-state index >= 15 is 0 Å². The van der Waals surface area contributed by atoms with Gasteiger partial charge in [-0.3, -0.25) is 9.59 Å². The average molecular weight is 160 g/mol. The van der Waals surface area contributed by atoms with Gasteiger partial charge in [-0.2, -0.15) is 0 Å². The van der Waals surface area contributed by atoms with Gasteiger partial charge in [0.15, 0.2) is 0 Å². The van der Waals surface area contributed by atoms with Crippen LogP contribution in [0.5, 0.6) is 0 Å². The van der Waals surface area contributed by atoms with Gasteiger partial charge in [-0.1, -0.05) is 0 Å². The molecule has 0 aromatic rings. The van der Waals surface area contributed by atoms with Gasteiger partial charge in [0.2, 0.25) is 5.91 Å². The van der Waals surface area contributed by atoms with E-state index in [1.807, 2.05) is 0 Å². The van der Waals surface area contributed by atoms with Gasteiger partial charge >= 0.3 is 0 Å². The van der Waals surface area contributed by atoms with Crippen molar-refractivity contribution in [3.05, 3.63) is 0 Å². The fourth-order valence-electron chi connectivity index (χ4n) is 0.696. The molecule has 1 aliphatic rings. The Bertz CT molecular complexity index is 171. The minimum Gasteiger partial charge on any atom is -0.358 e. The smallest absolute Gasteiger partial charge is 0.279 e. The molecule has 2 N–H and O–H groups in total. The van der Waals surface area contributed by atoms with E-state index in [2.05, 4.69) is 10.6 Å². The lowest BCUT2D eigenvalue weighted by Gasteiger charge is -2.01. The van der Waals surface area contributed by atoms with Gasteiger partial charge in [-0.05, 0) is 11.8 Å². The van der Waals surface area contributed by atoms with Crippen LogP contribution in [0.4, 0.5) is 4.79 Å². The third-order valence-electron chi connectivity index (χ3n) is 1.22. The first-order valence-electron chi connectivity index (χ1n) is 2.90. The van der Waals surface area contributed by atoms with E-state index < -0.39 is 0 Å². The van der Waals surface area contributed by atoms with Crippen molar-refractivity contribution in [3.63, 3.8) is 0 Å². The Morgan fingerprint density at radius 1 is 1.90 bits per heavy atom. The van der Waals surface area contributed by atoms with Crippen molar-refractivity contribution < 1.29 is 9.59 Å². The molecule has 0 saturated carbocycles. The zero-order valence-electron chi connectivity index (χ0n) is 5.51. The largest absolute Gasteiger partial charge is 0.358 e. The minimum atomic E-state index is -0.238. The Hall–Kier alpha value is -0.710. The quantitative estimate of drug-likeness (QED) is 0.546. The average Bonchev–Trinajstić information content (AvgIpc) is 2.34. The maximum Gasteiger partial charge on any atom is 0.279 e. The number of nitrogens with one attached hydrogen (secondary N) is 2. The molecule has 0 aromatic heterocycles. The van der Waals surface area contributed by atoms with E-state index in [0.717, 1.165) is 11.8 Å². The summed E-state index contributed by atoms with van der Waals surface area (Å²) >= 11 is 1.04. The molecule has 1 rings (SSSR count). The van der Waals surface area contributed by atoms with Crippen LogP contribution in [0.1, 0.15) is 0 Å². The lowest BCUT2D eigenvalue weighted by atomic mass is 10.4. The predicted molar refractivity (Wildman–Crippen MR) is 38.8 cm³/mol. The summed E-state index contributed by atoms with van der Waals surface area (Å²) in [6, 6.07) is 0. The molecule has 4 nitrogen and oxygen atoms in total. The highest BCUT2D eigenvalue weighted by Crippen LogP contribution is 2.16. The third-order valence-corrected chi connectivity index (χ3v) is 2.24. The SMILES string of the molecule is CNC(=O)C1CNC(=O)S1. The maximum absolute atomic E-state index is 10.8. The van der Waals surface area contributed by atoms with E-state index in [9.17, 15) is 9.59 Å². The summed E-state index contributed by atoms with van der Waals surface area (Å²) in [7, 11) is 1.56. The molecule has 2 amide bonds. The molecule has 56 valence electrons. The van der Waals surface area contributed by atoms with E-state index in [1.54, 1.807) is 7.05 Å². The molecule has 1 fully saturated rings. The number of amides is 2. The first-order valence-corrected chi connectivity index (χ1v) is 3.78. The molecule has 0 radical (unpaired) electrons. The van der Waals surface area contributed by atoms with Gasteiger partial charge in [-0.15, -0.1) is 0 Å². The topological polar surface area (TPSA) is 58.2 Å². The molecular weight excluding hydrogens is 152 g/mol. The van der Waals surface area contributed by atoms with Crippen LogP contribution in [-0.4, -0.2) is 30.0 Å². The number of carbonyl (C=O) groups is 2. The van der Waals surface area contributed by atoms with Crippen LogP contribution < -0.4 is 10.6 Å². The van der Waals surface area contributed by atoms with Gasteiger partial charge in [-0.25, -0.2) is 0 Å². The van der Waals surface area contributed by atoms with Crippen LogP contribution in [-0.2, 0) is 4.79 Å². The van der Waals surface area contributed by atoms with E-state index in [0.29, 0.717) is 6.54 Å². The number of carbonyl (C=O) groups excluding carboxylic acids is 2. The second-order valence-electron chi connectivity index (χ2n) is 1.89. The van der Waals surface area contributed by atoms with Crippen molar-refractivity contribution in [2.75, 3.05) is 13.6 Å². The molecule has 1 heterocycles. The first-order chi connectivity index (χ1) is 4.74. The summed E-state index contributed by atoms with van der Waals surface area (Å²) in [6.45, 7) is 0.448.